The molecule has 0 atom stereocenters. The predicted octanol–water partition coefficient (Wildman–Crippen LogP) is -0.346. The van der Waals surface area contributed by atoms with Crippen LogP contribution in [0.5, 0.6) is 0 Å². The third-order valence-corrected chi connectivity index (χ3v) is 0.615. The van der Waals surface area contributed by atoms with Gasteiger partial charge < -0.3 is 0 Å². The average Bonchev–Trinajstić information content (AvgIpc) is 2.19. The number of carbonyl (C=O) groups excluding carboxylic acids is 1. The van der Waals surface area contributed by atoms with Gasteiger partial charge in [-0.05, 0) is 0 Å². The minimum Gasteiger partial charge on any atom is -0.276 e. The van der Waals surface area contributed by atoms with Crippen molar-refractivity contribution < 1.29 is 4.79 Å². The first-order valence-corrected chi connectivity index (χ1v) is 2.01. The van der Waals surface area contributed by atoms with E-state index in [0.29, 0.717) is 6.41 Å². The van der Waals surface area contributed by atoms with Crippen LogP contribution in [0.1, 0.15) is 0 Å². The van der Waals surface area contributed by atoms with Gasteiger partial charge >= 0.3 is 0 Å². The Hall–Kier alpha value is -1.32. The Bertz CT molecular complexity index is 166. The largest absolute Gasteiger partial charge is 0.276 e. The Labute approximate surface area is 45.7 Å². The Balaban J connectivity index is 2.74. The molecule has 0 aromatic rings. The van der Waals surface area contributed by atoms with Gasteiger partial charge in [-0.25, -0.2) is 9.98 Å². The maximum atomic E-state index is 9.63. The lowest BCUT2D eigenvalue weighted by Gasteiger charge is -1.75. The molecular weight excluding hydrogens is 106 g/mol. The van der Waals surface area contributed by atoms with Crippen LogP contribution in [0.15, 0.2) is 15.0 Å². The number of hydrogen-bond donors (Lipinski definition) is 0. The molecule has 0 N–H and O–H groups in total. The van der Waals surface area contributed by atoms with Crippen molar-refractivity contribution in [3.63, 3.8) is 0 Å². The fourth-order valence-electron chi connectivity index (χ4n) is 0.347. The van der Waals surface area contributed by atoms with Gasteiger partial charge in [0.2, 0.25) is 6.41 Å². The highest BCUT2D eigenvalue weighted by molar-refractivity contribution is 6.26. The molecule has 1 rings (SSSR count). The molecule has 0 aromatic carbocycles. The van der Waals surface area contributed by atoms with E-state index in [4.69, 9.17) is 0 Å². The molecule has 0 saturated heterocycles. The van der Waals surface area contributed by atoms with Crippen LogP contribution in [-0.4, -0.2) is 24.8 Å². The molecule has 8 heavy (non-hydrogen) atoms. The monoisotopic (exact) mass is 109 g/mol. The van der Waals surface area contributed by atoms with Gasteiger partial charge in [0.15, 0.2) is 0 Å². The highest BCUT2D eigenvalue weighted by Crippen LogP contribution is 1.84. The summed E-state index contributed by atoms with van der Waals surface area (Å²) in [5.74, 6) is 0.222. The van der Waals surface area contributed by atoms with E-state index in [2.05, 4.69) is 15.0 Å². The molecule has 4 heteroatoms. The lowest BCUT2D eigenvalue weighted by Crippen LogP contribution is -1.81. The summed E-state index contributed by atoms with van der Waals surface area (Å²) >= 11 is 0. The third kappa shape index (κ3) is 0.841. The van der Waals surface area contributed by atoms with Crippen LogP contribution in [0.4, 0.5) is 0 Å². The van der Waals surface area contributed by atoms with E-state index in [1.807, 2.05) is 0 Å². The first-order chi connectivity index (χ1) is 3.93. The Morgan fingerprint density at radius 2 is 2.12 bits per heavy atom. The summed E-state index contributed by atoms with van der Waals surface area (Å²) in [4.78, 5) is 20.1. The number of amides is 1. The Morgan fingerprint density at radius 1 is 1.50 bits per heavy atom. The van der Waals surface area contributed by atoms with Crippen LogP contribution in [0.25, 0.3) is 0 Å². The van der Waals surface area contributed by atoms with Crippen molar-refractivity contribution in [2.24, 2.45) is 15.0 Å². The molecular formula is C4H3N3O. The van der Waals surface area contributed by atoms with Crippen molar-refractivity contribution in [1.82, 2.24) is 0 Å². The van der Waals surface area contributed by atoms with Crippen LogP contribution < -0.4 is 0 Å². The molecule has 0 unspecified atom stereocenters. The van der Waals surface area contributed by atoms with Crippen LogP contribution in [0.3, 0.4) is 0 Å². The SMILES string of the molecule is O=CN=C1N=CC=N1. The number of carbonyl (C=O) groups is 1. The first-order valence-electron chi connectivity index (χ1n) is 2.01. The van der Waals surface area contributed by atoms with Gasteiger partial charge in [-0.1, -0.05) is 0 Å². The van der Waals surface area contributed by atoms with Crippen LogP contribution >= 0.6 is 0 Å². The first kappa shape index (κ1) is 4.83. The highest BCUT2D eigenvalue weighted by Gasteiger charge is 1.91. The zero-order valence-electron chi connectivity index (χ0n) is 3.98. The van der Waals surface area contributed by atoms with Crippen LogP contribution in [0, 0.1) is 0 Å². The number of hydrogen-bond acceptors (Lipinski definition) is 1. The number of aliphatic imine (C=N–C) groups is 3. The maximum Gasteiger partial charge on any atom is 0.252 e. The topological polar surface area (TPSA) is 54.1 Å². The van der Waals surface area contributed by atoms with Crippen LogP contribution in [-0.2, 0) is 4.79 Å². The molecule has 0 spiro atoms. The number of rotatable bonds is 1. The van der Waals surface area contributed by atoms with Crippen molar-refractivity contribution in [3.05, 3.63) is 0 Å². The fourth-order valence-corrected chi connectivity index (χ4v) is 0.347. The number of nitrogens with zero attached hydrogens (tertiary/aromatic N) is 3. The van der Waals surface area contributed by atoms with Crippen molar-refractivity contribution in [2.45, 2.75) is 0 Å². The maximum absolute atomic E-state index is 9.63. The van der Waals surface area contributed by atoms with Crippen molar-refractivity contribution in [2.75, 3.05) is 0 Å². The summed E-state index contributed by atoms with van der Waals surface area (Å²) in [6.45, 7) is 0. The molecule has 1 heterocycles. The van der Waals surface area contributed by atoms with Gasteiger partial charge in [-0.2, -0.15) is 4.99 Å². The standard InChI is InChI=1S/C4H3N3O/c8-3-7-4-5-1-2-6-4/h1-3H. The molecule has 1 aliphatic rings. The molecule has 40 valence electrons. The molecule has 0 bridgehead atoms. The Morgan fingerprint density at radius 3 is 2.62 bits per heavy atom. The highest BCUT2D eigenvalue weighted by atomic mass is 16.1. The van der Waals surface area contributed by atoms with E-state index in [-0.39, 0.29) is 5.96 Å². The van der Waals surface area contributed by atoms with Gasteiger partial charge in [0.05, 0.1) is 0 Å². The summed E-state index contributed by atoms with van der Waals surface area (Å²) in [6, 6.07) is 0. The number of guanidine groups is 1. The summed E-state index contributed by atoms with van der Waals surface area (Å²) in [5, 5.41) is 0. The summed E-state index contributed by atoms with van der Waals surface area (Å²) in [5.41, 5.74) is 0. The van der Waals surface area contributed by atoms with E-state index < -0.39 is 0 Å². The molecule has 0 radical (unpaired) electrons. The molecule has 1 aliphatic heterocycles. The molecule has 1 amide bonds. The summed E-state index contributed by atoms with van der Waals surface area (Å²) in [7, 11) is 0. The molecule has 0 aromatic heterocycles. The second-order valence-electron chi connectivity index (χ2n) is 1.09. The minimum absolute atomic E-state index is 0.222. The van der Waals surface area contributed by atoms with Crippen molar-refractivity contribution in [1.29, 1.82) is 0 Å². The molecule has 4 nitrogen and oxygen atoms in total. The Kier molecular flexibility index (Phi) is 1.27. The normalized spacial score (nSPS) is 14.8. The quantitative estimate of drug-likeness (QED) is 0.425. The van der Waals surface area contributed by atoms with Gasteiger partial charge in [0.25, 0.3) is 5.96 Å². The van der Waals surface area contributed by atoms with E-state index >= 15 is 0 Å². The van der Waals surface area contributed by atoms with Crippen molar-refractivity contribution >= 4 is 24.8 Å². The van der Waals surface area contributed by atoms with E-state index in [0.717, 1.165) is 0 Å². The second kappa shape index (κ2) is 2.11. The molecule has 0 fully saturated rings. The van der Waals surface area contributed by atoms with Gasteiger partial charge in [-0.3, -0.25) is 4.79 Å². The third-order valence-electron chi connectivity index (χ3n) is 0.615. The molecule has 0 saturated carbocycles. The smallest absolute Gasteiger partial charge is 0.252 e. The van der Waals surface area contributed by atoms with Crippen LogP contribution in [0.2, 0.25) is 0 Å². The summed E-state index contributed by atoms with van der Waals surface area (Å²) in [6.07, 6.45) is 3.36. The minimum atomic E-state index is 0.222. The zero-order chi connectivity index (χ0) is 5.82. The zero-order valence-corrected chi connectivity index (χ0v) is 3.98. The fraction of sp³-hybridized carbons (Fsp3) is 0. The van der Waals surface area contributed by atoms with Gasteiger partial charge in [-0.15, -0.1) is 0 Å². The van der Waals surface area contributed by atoms with Gasteiger partial charge in [0, 0.05) is 12.4 Å². The predicted molar refractivity (Wildman–Crippen MR) is 30.5 cm³/mol. The van der Waals surface area contributed by atoms with Gasteiger partial charge in [0.1, 0.15) is 0 Å². The lowest BCUT2D eigenvalue weighted by molar-refractivity contribution is -0.106. The second-order valence-corrected chi connectivity index (χ2v) is 1.09. The lowest BCUT2D eigenvalue weighted by atomic mass is 10.9. The van der Waals surface area contributed by atoms with E-state index in [9.17, 15) is 4.79 Å². The van der Waals surface area contributed by atoms with E-state index in [1.165, 1.54) is 12.4 Å². The average molecular weight is 109 g/mol. The molecule has 0 aliphatic carbocycles. The summed E-state index contributed by atoms with van der Waals surface area (Å²) < 4.78 is 0. The van der Waals surface area contributed by atoms with E-state index in [1.54, 1.807) is 0 Å². The van der Waals surface area contributed by atoms with Crippen molar-refractivity contribution in [3.8, 4) is 0 Å².